The van der Waals surface area contributed by atoms with Crippen LogP contribution in [-0.4, -0.2) is 11.1 Å². The summed E-state index contributed by atoms with van der Waals surface area (Å²) >= 11 is 0. The maximum atomic E-state index is 10.5. The summed E-state index contributed by atoms with van der Waals surface area (Å²) in [5.41, 5.74) is 0.822. The average molecular weight is 213 g/mol. The molecule has 0 aliphatic heterocycles. The molecule has 0 fully saturated rings. The molecule has 1 aromatic rings. The molecule has 3 heteroatoms. The van der Waals surface area contributed by atoms with Crippen LogP contribution in [0.5, 0.6) is 0 Å². The Labute approximate surface area is 94.0 Å². The van der Waals surface area contributed by atoms with Crippen LogP contribution in [0.3, 0.4) is 0 Å². The second kappa shape index (κ2) is 6.20. The van der Waals surface area contributed by atoms with Gasteiger partial charge in [-0.25, -0.2) is 4.79 Å². The minimum Gasteiger partial charge on any atom is -0.477 e. The molecule has 0 bridgehead atoms. The Morgan fingerprint density at radius 2 is 2.06 bits per heavy atom. The smallest absolute Gasteiger partial charge is 0.346 e. The van der Waals surface area contributed by atoms with Crippen LogP contribution in [0.25, 0.3) is 6.08 Å². The molecule has 1 N–H and O–H groups in total. The Kier molecular flexibility index (Phi) is 4.55. The van der Waals surface area contributed by atoms with Crippen molar-refractivity contribution in [2.45, 2.75) is 6.42 Å². The Hall–Kier alpha value is -2.34. The van der Waals surface area contributed by atoms with E-state index >= 15 is 0 Å². The van der Waals surface area contributed by atoms with Crippen LogP contribution >= 0.6 is 0 Å². The second-order valence-electron chi connectivity index (χ2n) is 3.08. The highest BCUT2D eigenvalue weighted by atomic mass is 16.4. The summed E-state index contributed by atoms with van der Waals surface area (Å²) in [6.45, 7) is 0. The molecule has 0 saturated carbocycles. The molecule has 3 nitrogen and oxygen atoms in total. The van der Waals surface area contributed by atoms with Crippen LogP contribution in [-0.2, 0) is 4.79 Å². The molecule has 0 unspecified atom stereocenters. The first-order chi connectivity index (χ1) is 7.74. The van der Waals surface area contributed by atoms with Gasteiger partial charge in [0.1, 0.15) is 11.6 Å². The first kappa shape index (κ1) is 11.7. The van der Waals surface area contributed by atoms with E-state index in [-0.39, 0.29) is 5.57 Å². The van der Waals surface area contributed by atoms with Gasteiger partial charge in [0, 0.05) is 0 Å². The van der Waals surface area contributed by atoms with Crippen LogP contribution in [0.15, 0.2) is 48.1 Å². The summed E-state index contributed by atoms with van der Waals surface area (Å²) < 4.78 is 0. The van der Waals surface area contributed by atoms with Gasteiger partial charge in [0.05, 0.1) is 0 Å². The number of allylic oxidation sites excluding steroid dienone is 2. The van der Waals surface area contributed by atoms with Crippen molar-refractivity contribution in [1.82, 2.24) is 0 Å². The molecular weight excluding hydrogens is 202 g/mol. The summed E-state index contributed by atoms with van der Waals surface area (Å²) in [4.78, 5) is 10.5. The Balaban J connectivity index is 2.56. The predicted molar refractivity (Wildman–Crippen MR) is 61.4 cm³/mol. The van der Waals surface area contributed by atoms with Crippen molar-refractivity contribution in [3.05, 3.63) is 53.6 Å². The monoisotopic (exact) mass is 213 g/mol. The number of nitrogens with zero attached hydrogens (tertiary/aromatic N) is 1. The van der Waals surface area contributed by atoms with Crippen molar-refractivity contribution >= 4 is 12.0 Å². The fraction of sp³-hybridized carbons (Fsp3) is 0.0769. The third kappa shape index (κ3) is 3.81. The first-order valence-corrected chi connectivity index (χ1v) is 4.79. The number of nitriles is 1. The zero-order valence-electron chi connectivity index (χ0n) is 8.63. The lowest BCUT2D eigenvalue weighted by Crippen LogP contribution is -1.96. The summed E-state index contributed by atoms with van der Waals surface area (Å²) in [6, 6.07) is 11.3. The fourth-order valence-corrected chi connectivity index (χ4v) is 1.13. The van der Waals surface area contributed by atoms with Crippen LogP contribution in [0, 0.1) is 11.3 Å². The topological polar surface area (TPSA) is 61.1 Å². The van der Waals surface area contributed by atoms with E-state index in [0.29, 0.717) is 6.42 Å². The maximum Gasteiger partial charge on any atom is 0.346 e. The Morgan fingerprint density at radius 3 is 2.62 bits per heavy atom. The Morgan fingerprint density at radius 1 is 1.38 bits per heavy atom. The number of hydrogen-bond acceptors (Lipinski definition) is 2. The molecule has 0 aliphatic carbocycles. The number of carboxylic acids is 1. The molecule has 1 aromatic carbocycles. The first-order valence-electron chi connectivity index (χ1n) is 4.79. The molecule has 0 radical (unpaired) electrons. The SMILES string of the molecule is N#CC(=CCC=Cc1ccccc1)C(=O)O. The lowest BCUT2D eigenvalue weighted by molar-refractivity contribution is -0.132. The summed E-state index contributed by atoms with van der Waals surface area (Å²) in [5.74, 6) is -1.18. The summed E-state index contributed by atoms with van der Waals surface area (Å²) in [5, 5.41) is 17.1. The van der Waals surface area contributed by atoms with E-state index in [9.17, 15) is 4.79 Å². The molecule has 0 aromatic heterocycles. The van der Waals surface area contributed by atoms with E-state index in [1.54, 1.807) is 6.07 Å². The van der Waals surface area contributed by atoms with Crippen molar-refractivity contribution in [3.63, 3.8) is 0 Å². The number of rotatable bonds is 4. The molecule has 0 amide bonds. The highest BCUT2D eigenvalue weighted by Gasteiger charge is 2.02. The molecule has 0 saturated heterocycles. The van der Waals surface area contributed by atoms with Gasteiger partial charge in [-0.1, -0.05) is 48.6 Å². The highest BCUT2D eigenvalue weighted by molar-refractivity contribution is 5.90. The lowest BCUT2D eigenvalue weighted by Gasteiger charge is -1.90. The van der Waals surface area contributed by atoms with E-state index < -0.39 is 5.97 Å². The molecule has 0 aliphatic rings. The number of hydrogen-bond donors (Lipinski definition) is 1. The van der Waals surface area contributed by atoms with E-state index in [4.69, 9.17) is 10.4 Å². The van der Waals surface area contributed by atoms with Gasteiger partial charge in [0.2, 0.25) is 0 Å². The van der Waals surface area contributed by atoms with Gasteiger partial charge in [0.25, 0.3) is 0 Å². The fourth-order valence-electron chi connectivity index (χ4n) is 1.13. The van der Waals surface area contributed by atoms with E-state index in [1.807, 2.05) is 42.5 Å². The van der Waals surface area contributed by atoms with E-state index in [0.717, 1.165) is 5.56 Å². The predicted octanol–water partition coefficient (Wildman–Crippen LogP) is 2.62. The van der Waals surface area contributed by atoms with Gasteiger partial charge in [-0.3, -0.25) is 0 Å². The van der Waals surface area contributed by atoms with Crippen LogP contribution < -0.4 is 0 Å². The lowest BCUT2D eigenvalue weighted by atomic mass is 10.2. The molecular formula is C13H11NO2. The molecule has 1 rings (SSSR count). The highest BCUT2D eigenvalue weighted by Crippen LogP contribution is 2.03. The summed E-state index contributed by atoms with van der Waals surface area (Å²) in [6.07, 6.45) is 5.52. The number of carbonyl (C=O) groups is 1. The van der Waals surface area contributed by atoms with Crippen molar-refractivity contribution in [1.29, 1.82) is 5.26 Å². The largest absolute Gasteiger partial charge is 0.477 e. The van der Waals surface area contributed by atoms with Crippen molar-refractivity contribution in [2.24, 2.45) is 0 Å². The van der Waals surface area contributed by atoms with Gasteiger partial charge in [-0.2, -0.15) is 5.26 Å². The molecule has 0 spiro atoms. The minimum absolute atomic E-state index is 0.224. The number of aliphatic carboxylic acids is 1. The van der Waals surface area contributed by atoms with E-state index in [1.165, 1.54) is 6.08 Å². The van der Waals surface area contributed by atoms with Crippen LogP contribution in [0.1, 0.15) is 12.0 Å². The van der Waals surface area contributed by atoms with Gasteiger partial charge in [-0.05, 0) is 12.0 Å². The third-order valence-corrected chi connectivity index (χ3v) is 1.92. The minimum atomic E-state index is -1.18. The average Bonchev–Trinajstić information content (AvgIpc) is 2.30. The molecule has 80 valence electrons. The van der Waals surface area contributed by atoms with Crippen LogP contribution in [0.2, 0.25) is 0 Å². The van der Waals surface area contributed by atoms with Crippen LogP contribution in [0.4, 0.5) is 0 Å². The summed E-state index contributed by atoms with van der Waals surface area (Å²) in [7, 11) is 0. The van der Waals surface area contributed by atoms with E-state index in [2.05, 4.69) is 0 Å². The standard InChI is InChI=1S/C13H11NO2/c14-10-12(13(15)16)9-5-4-8-11-6-2-1-3-7-11/h1-4,6-9H,5H2,(H,15,16). The van der Waals surface area contributed by atoms with Gasteiger partial charge in [-0.15, -0.1) is 0 Å². The van der Waals surface area contributed by atoms with Crippen molar-refractivity contribution in [3.8, 4) is 6.07 Å². The third-order valence-electron chi connectivity index (χ3n) is 1.92. The van der Waals surface area contributed by atoms with Gasteiger partial charge >= 0.3 is 5.97 Å². The molecule has 0 heterocycles. The van der Waals surface area contributed by atoms with Gasteiger partial charge in [0.15, 0.2) is 0 Å². The van der Waals surface area contributed by atoms with Gasteiger partial charge < -0.3 is 5.11 Å². The van der Waals surface area contributed by atoms with Crippen molar-refractivity contribution < 1.29 is 9.90 Å². The quantitative estimate of drug-likeness (QED) is 0.617. The Bertz CT molecular complexity index is 453. The maximum absolute atomic E-state index is 10.5. The molecule has 16 heavy (non-hydrogen) atoms. The second-order valence-corrected chi connectivity index (χ2v) is 3.08. The number of carboxylic acid groups (broad SMARTS) is 1. The zero-order valence-corrected chi connectivity index (χ0v) is 8.63. The normalized spacial score (nSPS) is 11.3. The zero-order chi connectivity index (χ0) is 11.8. The number of benzene rings is 1. The van der Waals surface area contributed by atoms with Crippen molar-refractivity contribution in [2.75, 3.05) is 0 Å². The molecule has 0 atom stereocenters.